The van der Waals surface area contributed by atoms with E-state index in [1.807, 2.05) is 0 Å². The van der Waals surface area contributed by atoms with Crippen LogP contribution in [-0.2, 0) is 23.9 Å². The fraction of sp³-hybridized carbons (Fsp3) is 0.656. The van der Waals surface area contributed by atoms with Gasteiger partial charge < -0.3 is 19.5 Å². The number of amides is 3. The predicted octanol–water partition coefficient (Wildman–Crippen LogP) is 6.16. The number of esters is 1. The minimum Gasteiger partial charge on any atom is -0.489 e. The molecule has 0 saturated carbocycles. The van der Waals surface area contributed by atoms with Crippen molar-refractivity contribution in [2.45, 2.75) is 113 Å². The van der Waals surface area contributed by atoms with E-state index < -0.39 is 46.7 Å². The van der Waals surface area contributed by atoms with Gasteiger partial charge in [0.25, 0.3) is 11.8 Å². The molecule has 0 aromatic heterocycles. The molecule has 1 aromatic carbocycles. The van der Waals surface area contributed by atoms with Gasteiger partial charge in [0.2, 0.25) is 0 Å². The van der Waals surface area contributed by atoms with E-state index in [2.05, 4.69) is 26.1 Å². The summed E-state index contributed by atoms with van der Waals surface area (Å²) in [5.74, 6) is -1.60. The molecule has 10 heteroatoms. The zero-order valence-electron chi connectivity index (χ0n) is 26.8. The SMILES string of the molecule is CC(C)CCCC(C)CCOC(=O)c1ccc(NC(=O)C(C(=O)C(C)(C)C)N2C(=O)OC(C)(C)C2=O)c(OC(C)C)c1. The molecular formula is C32H48N2O8. The van der Waals surface area contributed by atoms with E-state index in [-0.39, 0.29) is 29.7 Å². The lowest BCUT2D eigenvalue weighted by molar-refractivity contribution is -0.145. The molecule has 1 aromatic rings. The Morgan fingerprint density at radius 1 is 1.00 bits per heavy atom. The van der Waals surface area contributed by atoms with Gasteiger partial charge in [0, 0.05) is 5.41 Å². The number of hydrogen-bond acceptors (Lipinski definition) is 8. The second kappa shape index (κ2) is 14.2. The van der Waals surface area contributed by atoms with Crippen molar-refractivity contribution in [1.29, 1.82) is 0 Å². The number of ether oxygens (including phenoxy) is 3. The van der Waals surface area contributed by atoms with Gasteiger partial charge in [-0.2, -0.15) is 0 Å². The minimum absolute atomic E-state index is 0.162. The highest BCUT2D eigenvalue weighted by Gasteiger charge is 2.55. The molecule has 2 rings (SSSR count). The fourth-order valence-corrected chi connectivity index (χ4v) is 4.43. The number of ketones is 1. The zero-order chi connectivity index (χ0) is 32.0. The topological polar surface area (TPSA) is 128 Å². The van der Waals surface area contributed by atoms with Crippen molar-refractivity contribution < 1.29 is 38.2 Å². The maximum atomic E-state index is 13.6. The van der Waals surface area contributed by atoms with Crippen LogP contribution < -0.4 is 10.1 Å². The monoisotopic (exact) mass is 588 g/mol. The smallest absolute Gasteiger partial charge is 0.418 e. The molecule has 1 heterocycles. The molecule has 0 spiro atoms. The Kier molecular flexibility index (Phi) is 11.7. The van der Waals surface area contributed by atoms with E-state index in [0.717, 1.165) is 19.3 Å². The van der Waals surface area contributed by atoms with Crippen molar-refractivity contribution in [2.75, 3.05) is 11.9 Å². The Labute approximate surface area is 249 Å². The Morgan fingerprint density at radius 3 is 2.17 bits per heavy atom. The number of benzene rings is 1. The summed E-state index contributed by atoms with van der Waals surface area (Å²) in [6.45, 7) is 18.0. The summed E-state index contributed by atoms with van der Waals surface area (Å²) in [7, 11) is 0. The third kappa shape index (κ3) is 9.29. The number of hydrogen-bond donors (Lipinski definition) is 1. The van der Waals surface area contributed by atoms with Crippen LogP contribution in [0.1, 0.15) is 105 Å². The molecule has 42 heavy (non-hydrogen) atoms. The summed E-state index contributed by atoms with van der Waals surface area (Å²) in [5.41, 5.74) is -2.19. The highest BCUT2D eigenvalue weighted by molar-refractivity contribution is 6.19. The second-order valence-electron chi connectivity index (χ2n) is 13.3. The Balaban J connectivity index is 2.25. The van der Waals surface area contributed by atoms with Crippen LogP contribution in [0.3, 0.4) is 0 Å². The Hall–Kier alpha value is -3.43. The molecule has 1 N–H and O–H groups in total. The van der Waals surface area contributed by atoms with E-state index in [1.54, 1.807) is 34.6 Å². The number of nitrogens with zero attached hydrogens (tertiary/aromatic N) is 1. The van der Waals surface area contributed by atoms with Crippen LogP contribution in [0.25, 0.3) is 0 Å². The zero-order valence-corrected chi connectivity index (χ0v) is 26.8. The van der Waals surface area contributed by atoms with Crippen molar-refractivity contribution >= 4 is 35.3 Å². The van der Waals surface area contributed by atoms with Crippen LogP contribution in [0.4, 0.5) is 10.5 Å². The van der Waals surface area contributed by atoms with E-state index in [4.69, 9.17) is 14.2 Å². The average Bonchev–Trinajstić information content (AvgIpc) is 3.05. The minimum atomic E-state index is -1.77. The van der Waals surface area contributed by atoms with Crippen LogP contribution in [0, 0.1) is 17.3 Å². The summed E-state index contributed by atoms with van der Waals surface area (Å²) in [5, 5.41) is 2.63. The van der Waals surface area contributed by atoms with Gasteiger partial charge in [0.15, 0.2) is 17.4 Å². The molecule has 1 saturated heterocycles. The van der Waals surface area contributed by atoms with Crippen LogP contribution in [0.5, 0.6) is 5.75 Å². The lowest BCUT2D eigenvalue weighted by atomic mass is 9.85. The van der Waals surface area contributed by atoms with Crippen LogP contribution in [0.2, 0.25) is 0 Å². The van der Waals surface area contributed by atoms with Crippen molar-refractivity contribution in [2.24, 2.45) is 17.3 Å². The fourth-order valence-electron chi connectivity index (χ4n) is 4.43. The van der Waals surface area contributed by atoms with Crippen molar-refractivity contribution in [3.05, 3.63) is 23.8 Å². The lowest BCUT2D eigenvalue weighted by Gasteiger charge is -2.28. The summed E-state index contributed by atoms with van der Waals surface area (Å²) in [6.07, 6.45) is 2.75. The van der Waals surface area contributed by atoms with Crippen LogP contribution >= 0.6 is 0 Å². The largest absolute Gasteiger partial charge is 0.489 e. The Bertz CT molecular complexity index is 1170. The van der Waals surface area contributed by atoms with Gasteiger partial charge >= 0.3 is 12.1 Å². The number of carbonyl (C=O) groups excluding carboxylic acids is 5. The first-order chi connectivity index (χ1) is 19.3. The highest BCUT2D eigenvalue weighted by atomic mass is 16.6. The molecule has 2 atom stereocenters. The quantitative estimate of drug-likeness (QED) is 0.202. The summed E-state index contributed by atoms with van der Waals surface area (Å²) in [4.78, 5) is 66.0. The third-order valence-electron chi connectivity index (χ3n) is 6.93. The van der Waals surface area contributed by atoms with E-state index in [1.165, 1.54) is 38.5 Å². The van der Waals surface area contributed by atoms with Gasteiger partial charge in [-0.3, -0.25) is 14.4 Å². The maximum absolute atomic E-state index is 13.6. The summed E-state index contributed by atoms with van der Waals surface area (Å²) >= 11 is 0. The van der Waals surface area contributed by atoms with Gasteiger partial charge in [-0.1, -0.05) is 60.8 Å². The molecule has 2 unspecified atom stereocenters. The average molecular weight is 589 g/mol. The van der Waals surface area contributed by atoms with Gasteiger partial charge in [-0.25, -0.2) is 14.5 Å². The van der Waals surface area contributed by atoms with Gasteiger partial charge in [0.1, 0.15) is 5.75 Å². The van der Waals surface area contributed by atoms with Crippen molar-refractivity contribution in [3.63, 3.8) is 0 Å². The first kappa shape index (κ1) is 34.8. The molecule has 10 nitrogen and oxygen atoms in total. The lowest BCUT2D eigenvalue weighted by Crippen LogP contribution is -2.55. The number of nitrogens with one attached hydrogen (secondary N) is 1. The van der Waals surface area contributed by atoms with Gasteiger partial charge in [0.05, 0.1) is 24.0 Å². The molecular weight excluding hydrogens is 540 g/mol. The number of Topliss-reactive ketones (excluding diaryl/α,β-unsaturated/α-hetero) is 1. The molecule has 0 bridgehead atoms. The maximum Gasteiger partial charge on any atom is 0.418 e. The highest BCUT2D eigenvalue weighted by Crippen LogP contribution is 2.32. The second-order valence-corrected chi connectivity index (χ2v) is 13.3. The van der Waals surface area contributed by atoms with Gasteiger partial charge in [-0.05, 0) is 64.2 Å². The Morgan fingerprint density at radius 2 is 1.64 bits per heavy atom. The standard InChI is InChI=1S/C32H48N2O8/c1-19(2)12-11-13-21(5)16-17-40-28(37)22-14-15-23(24(18-22)41-20(3)4)33-27(36)25(26(35)31(6,7)8)34-29(38)32(9,10)42-30(34)39/h14-15,18-21,25H,11-13,16-17H2,1-10H3,(H,33,36). The van der Waals surface area contributed by atoms with Crippen molar-refractivity contribution in [1.82, 2.24) is 4.90 Å². The predicted molar refractivity (Wildman–Crippen MR) is 159 cm³/mol. The van der Waals surface area contributed by atoms with Gasteiger partial charge in [-0.15, -0.1) is 0 Å². The number of anilines is 1. The van der Waals surface area contributed by atoms with E-state index >= 15 is 0 Å². The molecule has 0 aliphatic carbocycles. The molecule has 0 radical (unpaired) electrons. The van der Waals surface area contributed by atoms with Crippen LogP contribution in [0.15, 0.2) is 18.2 Å². The molecule has 1 aliphatic rings. The number of carbonyl (C=O) groups is 5. The van der Waals surface area contributed by atoms with E-state index in [0.29, 0.717) is 16.7 Å². The molecule has 1 fully saturated rings. The molecule has 1 aliphatic heterocycles. The van der Waals surface area contributed by atoms with E-state index in [9.17, 15) is 24.0 Å². The summed E-state index contributed by atoms with van der Waals surface area (Å²) in [6, 6.07) is 2.64. The molecule has 234 valence electrons. The first-order valence-corrected chi connectivity index (χ1v) is 14.7. The normalized spacial score (nSPS) is 16.3. The number of imide groups is 1. The first-order valence-electron chi connectivity index (χ1n) is 14.7. The van der Waals surface area contributed by atoms with Crippen molar-refractivity contribution in [3.8, 4) is 5.75 Å². The summed E-state index contributed by atoms with van der Waals surface area (Å²) < 4.78 is 16.5. The molecule has 3 amide bonds. The number of cyclic esters (lactones) is 1. The van der Waals surface area contributed by atoms with Crippen LogP contribution in [-0.4, -0.2) is 58.9 Å². The third-order valence-corrected chi connectivity index (χ3v) is 6.93. The number of rotatable bonds is 14.